The van der Waals surface area contributed by atoms with Gasteiger partial charge in [0, 0.05) is 12.2 Å². The summed E-state index contributed by atoms with van der Waals surface area (Å²) in [6.45, 7) is 2.17. The summed E-state index contributed by atoms with van der Waals surface area (Å²) in [5.74, 6) is 0.809. The number of nitrogens with one attached hydrogen (secondary N) is 1. The number of rotatable bonds is 4. The van der Waals surface area contributed by atoms with Crippen molar-refractivity contribution >= 4 is 0 Å². The molecule has 0 aromatic carbocycles. The lowest BCUT2D eigenvalue weighted by atomic mass is 10.0. The number of nitrogens with zero attached hydrogens (tertiary/aromatic N) is 1. The molecule has 3 rings (SSSR count). The van der Waals surface area contributed by atoms with Crippen molar-refractivity contribution in [2.24, 2.45) is 5.92 Å². The maximum atomic E-state index is 4.60. The van der Waals surface area contributed by atoms with Gasteiger partial charge in [-0.1, -0.05) is 18.2 Å². The molecular formula is C15H20N2. The fourth-order valence-electron chi connectivity index (χ4n) is 2.70. The van der Waals surface area contributed by atoms with Gasteiger partial charge >= 0.3 is 0 Å². The summed E-state index contributed by atoms with van der Waals surface area (Å²) < 4.78 is 0. The molecule has 17 heavy (non-hydrogen) atoms. The third-order valence-corrected chi connectivity index (χ3v) is 3.86. The molecule has 0 aliphatic heterocycles. The summed E-state index contributed by atoms with van der Waals surface area (Å²) >= 11 is 0. The fraction of sp³-hybridized carbons (Fsp3) is 0.533. The van der Waals surface area contributed by atoms with E-state index in [2.05, 4.69) is 35.4 Å². The first-order chi connectivity index (χ1) is 8.34. The van der Waals surface area contributed by atoms with E-state index in [0.717, 1.165) is 5.92 Å². The van der Waals surface area contributed by atoms with Crippen molar-refractivity contribution in [2.45, 2.75) is 44.7 Å². The molecule has 1 aromatic heterocycles. The van der Waals surface area contributed by atoms with Crippen LogP contribution in [0.3, 0.4) is 0 Å². The maximum absolute atomic E-state index is 4.60. The minimum Gasteiger partial charge on any atom is -0.305 e. The molecule has 2 aliphatic carbocycles. The van der Waals surface area contributed by atoms with Crippen LogP contribution in [-0.4, -0.2) is 11.0 Å². The Morgan fingerprint density at radius 2 is 2.06 bits per heavy atom. The van der Waals surface area contributed by atoms with Gasteiger partial charge in [0.25, 0.3) is 0 Å². The second kappa shape index (κ2) is 4.61. The molecule has 2 heteroatoms. The molecule has 2 nitrogen and oxygen atoms in total. The molecule has 1 saturated carbocycles. The van der Waals surface area contributed by atoms with Gasteiger partial charge in [0.15, 0.2) is 0 Å². The normalized spacial score (nSPS) is 21.9. The first-order valence-corrected chi connectivity index (χ1v) is 6.67. The number of aryl methyl sites for hydroxylation is 1. The van der Waals surface area contributed by atoms with Crippen LogP contribution in [-0.2, 0) is 0 Å². The Balaban J connectivity index is 1.77. The van der Waals surface area contributed by atoms with Crippen LogP contribution in [0.15, 0.2) is 30.5 Å². The molecule has 1 unspecified atom stereocenters. The Morgan fingerprint density at radius 1 is 1.29 bits per heavy atom. The van der Waals surface area contributed by atoms with E-state index in [4.69, 9.17) is 0 Å². The molecule has 1 N–H and O–H groups in total. The van der Waals surface area contributed by atoms with Crippen LogP contribution in [0.25, 0.3) is 0 Å². The van der Waals surface area contributed by atoms with Crippen LogP contribution in [0.5, 0.6) is 0 Å². The molecule has 1 atom stereocenters. The molecule has 90 valence electrons. The molecule has 1 heterocycles. The van der Waals surface area contributed by atoms with E-state index >= 15 is 0 Å². The van der Waals surface area contributed by atoms with Gasteiger partial charge in [0.2, 0.25) is 0 Å². The molecule has 1 aromatic rings. The second-order valence-electron chi connectivity index (χ2n) is 5.33. The van der Waals surface area contributed by atoms with Crippen molar-refractivity contribution in [2.75, 3.05) is 0 Å². The van der Waals surface area contributed by atoms with Gasteiger partial charge in [-0.25, -0.2) is 0 Å². The predicted octanol–water partition coefficient (Wildman–Crippen LogP) is 3.15. The molecule has 1 fully saturated rings. The van der Waals surface area contributed by atoms with Crippen LogP contribution in [0.1, 0.15) is 43.0 Å². The van der Waals surface area contributed by atoms with Crippen molar-refractivity contribution in [3.8, 4) is 0 Å². The Labute approximate surface area is 103 Å². The van der Waals surface area contributed by atoms with Gasteiger partial charge in [-0.05, 0) is 50.2 Å². The molecule has 0 amide bonds. The largest absolute Gasteiger partial charge is 0.305 e. The minimum atomic E-state index is 0.473. The van der Waals surface area contributed by atoms with Crippen LogP contribution in [0, 0.1) is 12.8 Å². The molecular weight excluding hydrogens is 208 g/mol. The molecule has 0 saturated heterocycles. The lowest BCUT2D eigenvalue weighted by Crippen LogP contribution is -2.33. The minimum absolute atomic E-state index is 0.473. The maximum Gasteiger partial charge on any atom is 0.0605 e. The first-order valence-electron chi connectivity index (χ1n) is 6.67. The lowest BCUT2D eigenvalue weighted by molar-refractivity contribution is 0.404. The summed E-state index contributed by atoms with van der Waals surface area (Å²) in [5.41, 5.74) is 2.59. The lowest BCUT2D eigenvalue weighted by Gasteiger charge is -2.23. The topological polar surface area (TPSA) is 24.9 Å². The van der Waals surface area contributed by atoms with Gasteiger partial charge in [0.05, 0.1) is 11.7 Å². The molecule has 0 spiro atoms. The van der Waals surface area contributed by atoms with Gasteiger partial charge in [-0.3, -0.25) is 4.98 Å². The average Bonchev–Trinajstić information content (AvgIpc) is 3.05. The van der Waals surface area contributed by atoms with Crippen LogP contribution < -0.4 is 5.32 Å². The Kier molecular flexibility index (Phi) is 2.98. The zero-order chi connectivity index (χ0) is 11.7. The zero-order valence-corrected chi connectivity index (χ0v) is 10.4. The van der Waals surface area contributed by atoms with Crippen molar-refractivity contribution in [3.05, 3.63) is 41.7 Å². The van der Waals surface area contributed by atoms with Crippen molar-refractivity contribution in [1.29, 1.82) is 0 Å². The molecule has 2 aliphatic rings. The quantitative estimate of drug-likeness (QED) is 0.801. The number of hydrogen-bond acceptors (Lipinski definition) is 2. The second-order valence-corrected chi connectivity index (χ2v) is 5.33. The molecule has 0 radical (unpaired) electrons. The Bertz CT molecular complexity index is 413. The Morgan fingerprint density at radius 3 is 2.71 bits per heavy atom. The van der Waals surface area contributed by atoms with E-state index in [9.17, 15) is 0 Å². The smallest absolute Gasteiger partial charge is 0.0605 e. The van der Waals surface area contributed by atoms with Gasteiger partial charge in [-0.2, -0.15) is 0 Å². The third kappa shape index (κ3) is 2.42. The Hall–Kier alpha value is -1.15. The summed E-state index contributed by atoms with van der Waals surface area (Å²) in [5, 5.41) is 3.81. The highest BCUT2D eigenvalue weighted by atomic mass is 15.0. The summed E-state index contributed by atoms with van der Waals surface area (Å²) in [6.07, 6.45) is 11.6. The van der Waals surface area contributed by atoms with E-state index in [0.29, 0.717) is 12.1 Å². The highest BCUT2D eigenvalue weighted by molar-refractivity contribution is 5.23. The van der Waals surface area contributed by atoms with E-state index < -0.39 is 0 Å². The van der Waals surface area contributed by atoms with Gasteiger partial charge < -0.3 is 5.32 Å². The number of pyridine rings is 1. The summed E-state index contributed by atoms with van der Waals surface area (Å²) in [7, 11) is 0. The van der Waals surface area contributed by atoms with E-state index in [1.165, 1.54) is 36.9 Å². The zero-order valence-electron chi connectivity index (χ0n) is 10.4. The third-order valence-electron chi connectivity index (χ3n) is 3.86. The molecule has 0 bridgehead atoms. The SMILES string of the molecule is Cc1cccnc1C(NC1CC=CC1)C1CC1. The van der Waals surface area contributed by atoms with Crippen LogP contribution in [0.2, 0.25) is 0 Å². The number of hydrogen-bond donors (Lipinski definition) is 1. The standard InChI is InChI=1S/C15H20N2/c1-11-5-4-10-16-14(11)15(12-8-9-12)17-13-6-2-3-7-13/h2-5,10,12-13,15,17H,6-9H2,1H3. The predicted molar refractivity (Wildman–Crippen MR) is 69.7 cm³/mol. The van der Waals surface area contributed by atoms with Crippen molar-refractivity contribution in [1.82, 2.24) is 10.3 Å². The summed E-state index contributed by atoms with van der Waals surface area (Å²) in [4.78, 5) is 4.60. The van der Waals surface area contributed by atoms with E-state index in [1.807, 2.05) is 12.3 Å². The van der Waals surface area contributed by atoms with E-state index in [-0.39, 0.29) is 0 Å². The van der Waals surface area contributed by atoms with Crippen molar-refractivity contribution in [3.63, 3.8) is 0 Å². The van der Waals surface area contributed by atoms with Crippen LogP contribution in [0.4, 0.5) is 0 Å². The summed E-state index contributed by atoms with van der Waals surface area (Å²) in [6, 6.07) is 5.30. The monoisotopic (exact) mass is 228 g/mol. The number of aromatic nitrogens is 1. The van der Waals surface area contributed by atoms with Gasteiger partial charge in [0.1, 0.15) is 0 Å². The van der Waals surface area contributed by atoms with Crippen LogP contribution >= 0.6 is 0 Å². The van der Waals surface area contributed by atoms with E-state index in [1.54, 1.807) is 0 Å². The fourth-order valence-corrected chi connectivity index (χ4v) is 2.70. The highest BCUT2D eigenvalue weighted by Gasteiger charge is 2.35. The first kappa shape index (κ1) is 11.0. The van der Waals surface area contributed by atoms with Gasteiger partial charge in [-0.15, -0.1) is 0 Å². The highest BCUT2D eigenvalue weighted by Crippen LogP contribution is 2.41. The van der Waals surface area contributed by atoms with Crippen molar-refractivity contribution < 1.29 is 0 Å². The average molecular weight is 228 g/mol.